The molecule has 1 aromatic carbocycles. The fraction of sp³-hybridized carbons (Fsp3) is 0.462. The second-order valence-electron chi connectivity index (χ2n) is 3.82. The third-order valence-corrected chi connectivity index (χ3v) is 3.46. The maximum Gasteiger partial charge on any atom is 0.322 e. The molecule has 1 rings (SSSR count). The Balaban J connectivity index is 2.69. The molecule has 0 aliphatic rings. The monoisotopic (exact) mass is 315 g/mol. The van der Waals surface area contributed by atoms with Crippen molar-refractivity contribution < 1.29 is 14.3 Å². The van der Waals surface area contributed by atoms with Gasteiger partial charge in [-0.2, -0.15) is 0 Å². The first-order valence-corrected chi connectivity index (χ1v) is 6.55. The van der Waals surface area contributed by atoms with Gasteiger partial charge < -0.3 is 14.8 Å². The first-order chi connectivity index (χ1) is 8.62. The van der Waals surface area contributed by atoms with E-state index in [0.29, 0.717) is 13.0 Å². The molecular formula is C13H18BrNO3. The zero-order chi connectivity index (χ0) is 13.5. The first kappa shape index (κ1) is 15.0. The maximum atomic E-state index is 11.5. The zero-order valence-corrected chi connectivity index (χ0v) is 12.4. The SMILES string of the molecule is CCC(NCc1cc(OC)ccc1Br)C(=O)OC. The summed E-state index contributed by atoms with van der Waals surface area (Å²) in [6.07, 6.45) is 0.689. The van der Waals surface area contributed by atoms with Gasteiger partial charge in [-0.25, -0.2) is 0 Å². The van der Waals surface area contributed by atoms with Crippen LogP contribution >= 0.6 is 15.9 Å². The Morgan fingerprint density at radius 3 is 2.72 bits per heavy atom. The van der Waals surface area contributed by atoms with E-state index >= 15 is 0 Å². The third kappa shape index (κ3) is 3.99. The Morgan fingerprint density at radius 1 is 1.44 bits per heavy atom. The first-order valence-electron chi connectivity index (χ1n) is 5.76. The topological polar surface area (TPSA) is 47.6 Å². The smallest absolute Gasteiger partial charge is 0.322 e. The van der Waals surface area contributed by atoms with E-state index < -0.39 is 0 Å². The summed E-state index contributed by atoms with van der Waals surface area (Å²) in [6.45, 7) is 2.51. The molecule has 0 saturated heterocycles. The molecule has 18 heavy (non-hydrogen) atoms. The van der Waals surface area contributed by atoms with Gasteiger partial charge in [0.1, 0.15) is 11.8 Å². The van der Waals surface area contributed by atoms with Crippen LogP contribution < -0.4 is 10.1 Å². The lowest BCUT2D eigenvalue weighted by Crippen LogP contribution is -2.36. The predicted molar refractivity (Wildman–Crippen MR) is 73.6 cm³/mol. The maximum absolute atomic E-state index is 11.5. The minimum Gasteiger partial charge on any atom is -0.497 e. The molecular weight excluding hydrogens is 298 g/mol. The van der Waals surface area contributed by atoms with Gasteiger partial charge in [0, 0.05) is 11.0 Å². The Bertz CT molecular complexity index is 409. The lowest BCUT2D eigenvalue weighted by molar-refractivity contribution is -0.143. The molecule has 0 aromatic heterocycles. The van der Waals surface area contributed by atoms with Crippen LogP contribution in [0.5, 0.6) is 5.75 Å². The highest BCUT2D eigenvalue weighted by Gasteiger charge is 2.16. The number of carbonyl (C=O) groups excluding carboxylic acids is 1. The largest absolute Gasteiger partial charge is 0.497 e. The summed E-state index contributed by atoms with van der Waals surface area (Å²) in [5.41, 5.74) is 1.04. The molecule has 0 spiro atoms. The lowest BCUT2D eigenvalue weighted by Gasteiger charge is -2.15. The fourth-order valence-corrected chi connectivity index (χ4v) is 1.97. The van der Waals surface area contributed by atoms with Crippen LogP contribution in [0.1, 0.15) is 18.9 Å². The highest BCUT2D eigenvalue weighted by molar-refractivity contribution is 9.10. The van der Waals surface area contributed by atoms with Crippen molar-refractivity contribution in [3.05, 3.63) is 28.2 Å². The molecule has 1 atom stereocenters. The molecule has 0 fully saturated rings. The van der Waals surface area contributed by atoms with Crippen LogP contribution in [0.4, 0.5) is 0 Å². The molecule has 1 unspecified atom stereocenters. The second-order valence-corrected chi connectivity index (χ2v) is 4.68. The molecule has 0 heterocycles. The van der Waals surface area contributed by atoms with E-state index in [4.69, 9.17) is 9.47 Å². The molecule has 0 bridgehead atoms. The van der Waals surface area contributed by atoms with Crippen molar-refractivity contribution in [1.29, 1.82) is 0 Å². The Labute approximate surface area is 116 Å². The van der Waals surface area contributed by atoms with Crippen molar-refractivity contribution in [3.8, 4) is 5.75 Å². The van der Waals surface area contributed by atoms with Gasteiger partial charge in [-0.15, -0.1) is 0 Å². The van der Waals surface area contributed by atoms with Gasteiger partial charge >= 0.3 is 5.97 Å². The van der Waals surface area contributed by atoms with E-state index in [1.165, 1.54) is 7.11 Å². The van der Waals surface area contributed by atoms with Gasteiger partial charge in [-0.3, -0.25) is 4.79 Å². The number of ether oxygens (including phenoxy) is 2. The van der Waals surface area contributed by atoms with E-state index in [1.807, 2.05) is 25.1 Å². The molecule has 0 radical (unpaired) electrons. The number of hydrogen-bond donors (Lipinski definition) is 1. The van der Waals surface area contributed by atoms with Crippen LogP contribution in [0.15, 0.2) is 22.7 Å². The summed E-state index contributed by atoms with van der Waals surface area (Å²) in [4.78, 5) is 11.5. The van der Waals surface area contributed by atoms with Crippen LogP contribution in [0, 0.1) is 0 Å². The summed E-state index contributed by atoms with van der Waals surface area (Å²) in [5, 5.41) is 3.17. The Hall–Kier alpha value is -1.07. The van der Waals surface area contributed by atoms with E-state index in [1.54, 1.807) is 7.11 Å². The highest BCUT2D eigenvalue weighted by Crippen LogP contribution is 2.22. The number of rotatable bonds is 6. The number of nitrogens with one attached hydrogen (secondary N) is 1. The zero-order valence-electron chi connectivity index (χ0n) is 10.8. The molecule has 100 valence electrons. The minimum atomic E-state index is -0.284. The van der Waals surface area contributed by atoms with E-state index in [2.05, 4.69) is 21.2 Å². The molecule has 0 amide bonds. The van der Waals surface area contributed by atoms with Gasteiger partial charge in [-0.1, -0.05) is 22.9 Å². The standard InChI is InChI=1S/C13H18BrNO3/c1-4-12(13(16)18-3)15-8-9-7-10(17-2)5-6-11(9)14/h5-7,12,15H,4,8H2,1-3H3. The van der Waals surface area contributed by atoms with Crippen molar-refractivity contribution in [3.63, 3.8) is 0 Å². The number of benzene rings is 1. The normalized spacial score (nSPS) is 12.0. The molecule has 1 N–H and O–H groups in total. The van der Waals surface area contributed by atoms with Gasteiger partial charge in [0.25, 0.3) is 0 Å². The minimum absolute atomic E-state index is 0.239. The summed E-state index contributed by atoms with van der Waals surface area (Å²) < 4.78 is 10.9. The van der Waals surface area contributed by atoms with E-state index in [-0.39, 0.29) is 12.0 Å². The van der Waals surface area contributed by atoms with Crippen LogP contribution in [0.25, 0.3) is 0 Å². The van der Waals surface area contributed by atoms with E-state index in [0.717, 1.165) is 15.8 Å². The van der Waals surface area contributed by atoms with Crippen molar-refractivity contribution in [2.45, 2.75) is 25.9 Å². The molecule has 0 aliphatic carbocycles. The van der Waals surface area contributed by atoms with Crippen LogP contribution in [-0.4, -0.2) is 26.2 Å². The molecule has 4 nitrogen and oxygen atoms in total. The number of hydrogen-bond acceptors (Lipinski definition) is 4. The predicted octanol–water partition coefficient (Wildman–Crippen LogP) is 2.50. The van der Waals surface area contributed by atoms with Crippen LogP contribution in [-0.2, 0) is 16.1 Å². The summed E-state index contributed by atoms with van der Waals surface area (Å²) in [7, 11) is 3.03. The Morgan fingerprint density at radius 2 is 2.17 bits per heavy atom. The summed E-state index contributed by atoms with van der Waals surface area (Å²) >= 11 is 3.47. The van der Waals surface area contributed by atoms with Crippen molar-refractivity contribution in [1.82, 2.24) is 5.32 Å². The number of halogens is 1. The third-order valence-electron chi connectivity index (χ3n) is 2.69. The molecule has 0 aliphatic heterocycles. The summed E-state index contributed by atoms with van der Waals surface area (Å²) in [6, 6.07) is 5.45. The van der Waals surface area contributed by atoms with Crippen LogP contribution in [0.2, 0.25) is 0 Å². The average Bonchev–Trinajstić information content (AvgIpc) is 2.40. The quantitative estimate of drug-likeness (QED) is 0.819. The number of carbonyl (C=O) groups is 1. The fourth-order valence-electron chi connectivity index (χ4n) is 1.58. The highest BCUT2D eigenvalue weighted by atomic mass is 79.9. The average molecular weight is 316 g/mol. The molecule has 1 aromatic rings. The van der Waals surface area contributed by atoms with Gasteiger partial charge in [0.2, 0.25) is 0 Å². The van der Waals surface area contributed by atoms with E-state index in [9.17, 15) is 4.79 Å². The lowest BCUT2D eigenvalue weighted by atomic mass is 10.1. The van der Waals surface area contributed by atoms with Crippen molar-refractivity contribution in [2.75, 3.05) is 14.2 Å². The number of methoxy groups -OCH3 is 2. The van der Waals surface area contributed by atoms with Crippen molar-refractivity contribution >= 4 is 21.9 Å². The molecule has 0 saturated carbocycles. The van der Waals surface area contributed by atoms with Crippen molar-refractivity contribution in [2.24, 2.45) is 0 Å². The second kappa shape index (κ2) is 7.38. The van der Waals surface area contributed by atoms with Gasteiger partial charge in [-0.05, 0) is 30.2 Å². The Kier molecular flexibility index (Phi) is 6.15. The summed E-state index contributed by atoms with van der Waals surface area (Å²) in [5.74, 6) is 0.553. The van der Waals surface area contributed by atoms with Crippen LogP contribution in [0.3, 0.4) is 0 Å². The number of esters is 1. The van der Waals surface area contributed by atoms with Gasteiger partial charge in [0.15, 0.2) is 0 Å². The van der Waals surface area contributed by atoms with Gasteiger partial charge in [0.05, 0.1) is 14.2 Å². The molecule has 5 heteroatoms.